The van der Waals surface area contributed by atoms with Gasteiger partial charge in [-0.15, -0.1) is 0 Å². The van der Waals surface area contributed by atoms with Crippen molar-refractivity contribution in [1.29, 1.82) is 0 Å². The van der Waals surface area contributed by atoms with Crippen LogP contribution in [0.3, 0.4) is 0 Å². The van der Waals surface area contributed by atoms with Crippen LogP contribution in [0.5, 0.6) is 0 Å². The van der Waals surface area contributed by atoms with Gasteiger partial charge < -0.3 is 19.4 Å². The number of quaternary nitrogens is 1. The van der Waals surface area contributed by atoms with Crippen molar-refractivity contribution in [3.8, 4) is 0 Å². The van der Waals surface area contributed by atoms with Crippen LogP contribution in [-0.2, 0) is 27.9 Å². The second-order valence-corrected chi connectivity index (χ2v) is 24.0. The molecular formula is C69H122N2O7P+. The topological polar surface area (TPSA) is 111 Å². The average Bonchev–Trinajstić information content (AvgIpc) is 3.41. The zero-order valence-corrected chi connectivity index (χ0v) is 52.7. The number of rotatable bonds is 57. The summed E-state index contributed by atoms with van der Waals surface area (Å²) in [5.74, 6) is -0.528. The van der Waals surface area contributed by atoms with Crippen LogP contribution in [0.4, 0.5) is 0 Å². The van der Waals surface area contributed by atoms with Gasteiger partial charge in [0, 0.05) is 12.8 Å². The standard InChI is InChI=1S/C69H121N2O7P/c1-7-10-13-16-19-22-25-28-30-31-32-33-34-35-36-37-38-39-40-41-42-43-46-49-52-55-58-61-68(72)70-66(65-77-79(74,75)76-64-63-71(4,5)6)67(60-57-54-51-48-45-27-24-21-18-15-12-9-3)78-69(73)62-59-56-53-50-47-44-29-26-23-20-17-14-11-8-2/h10-11,13-14,19-20,22-23,28,30,32-33,35-36,38-39,57,60,66-67H,7-9,12,15-18,21,24-27,29,31,34,37,40-56,58-59,61-65H2,1-6H3,(H-,70,72,74,75)/p+1/b13-10-,14-11+,22-19-,23-20+,30-28-,33-32-,36-35-,39-38-,60-57-. The second kappa shape index (κ2) is 57.9. The summed E-state index contributed by atoms with van der Waals surface area (Å²) in [7, 11) is 1.47. The smallest absolute Gasteiger partial charge is 0.456 e. The van der Waals surface area contributed by atoms with Crippen molar-refractivity contribution in [1.82, 2.24) is 5.32 Å². The Balaban J connectivity index is 5.13. The molecule has 0 aromatic heterocycles. The summed E-state index contributed by atoms with van der Waals surface area (Å²) >= 11 is 0. The number of nitrogens with one attached hydrogen (secondary N) is 1. The molecule has 0 radical (unpaired) electrons. The maximum Gasteiger partial charge on any atom is 0.472 e. The highest BCUT2D eigenvalue weighted by atomic mass is 31.2. The quantitative estimate of drug-likeness (QED) is 0.0205. The predicted octanol–water partition coefficient (Wildman–Crippen LogP) is 20.1. The van der Waals surface area contributed by atoms with Crippen LogP contribution in [0.25, 0.3) is 0 Å². The number of hydrogen-bond donors (Lipinski definition) is 2. The van der Waals surface area contributed by atoms with Crippen molar-refractivity contribution in [2.75, 3.05) is 40.9 Å². The summed E-state index contributed by atoms with van der Waals surface area (Å²) in [6.45, 7) is 6.78. The molecule has 3 unspecified atom stereocenters. The first-order chi connectivity index (χ1) is 38.4. The summed E-state index contributed by atoms with van der Waals surface area (Å²) in [4.78, 5) is 37.7. The minimum absolute atomic E-state index is 0.0321. The van der Waals surface area contributed by atoms with Gasteiger partial charge in [0.15, 0.2) is 0 Å². The first-order valence-electron chi connectivity index (χ1n) is 32.2. The summed E-state index contributed by atoms with van der Waals surface area (Å²) in [6.07, 6.45) is 79.5. The molecule has 454 valence electrons. The van der Waals surface area contributed by atoms with Crippen molar-refractivity contribution in [2.24, 2.45) is 0 Å². The second-order valence-electron chi connectivity index (χ2n) is 22.5. The van der Waals surface area contributed by atoms with Gasteiger partial charge in [-0.2, -0.15) is 0 Å². The fraction of sp³-hybridized carbons (Fsp3) is 0.710. The molecule has 0 aliphatic rings. The highest BCUT2D eigenvalue weighted by molar-refractivity contribution is 7.47. The van der Waals surface area contributed by atoms with E-state index < -0.39 is 20.0 Å². The van der Waals surface area contributed by atoms with Crippen LogP contribution < -0.4 is 5.32 Å². The molecule has 0 saturated carbocycles. The normalized spacial score (nSPS) is 14.4. The van der Waals surface area contributed by atoms with Crippen LogP contribution in [0.15, 0.2) is 109 Å². The van der Waals surface area contributed by atoms with Gasteiger partial charge in [-0.1, -0.05) is 252 Å². The Morgan fingerprint density at radius 1 is 0.456 bits per heavy atom. The number of nitrogens with zero attached hydrogens (tertiary/aromatic N) is 1. The van der Waals surface area contributed by atoms with Gasteiger partial charge in [0.05, 0.1) is 33.8 Å². The minimum Gasteiger partial charge on any atom is -0.456 e. The fourth-order valence-electron chi connectivity index (χ4n) is 8.80. The molecule has 0 spiro atoms. The number of unbranched alkanes of at least 4 members (excludes halogenated alkanes) is 25. The number of allylic oxidation sites excluding steroid dienone is 17. The zero-order valence-electron chi connectivity index (χ0n) is 51.8. The molecule has 9 nitrogen and oxygen atoms in total. The molecule has 0 heterocycles. The maximum absolute atomic E-state index is 13.6. The molecule has 10 heteroatoms. The van der Waals surface area contributed by atoms with E-state index in [-0.39, 0.29) is 31.5 Å². The Kier molecular flexibility index (Phi) is 55.4. The third kappa shape index (κ3) is 59.1. The summed E-state index contributed by atoms with van der Waals surface area (Å²) < 4.78 is 30.7. The van der Waals surface area contributed by atoms with Crippen molar-refractivity contribution < 1.29 is 37.3 Å². The molecule has 1 amide bonds. The molecule has 0 aliphatic carbocycles. The van der Waals surface area contributed by atoms with Crippen molar-refractivity contribution in [2.45, 2.75) is 277 Å². The summed E-state index contributed by atoms with van der Waals surface area (Å²) in [5.41, 5.74) is 0. The van der Waals surface area contributed by atoms with Crippen LogP contribution >= 0.6 is 7.82 Å². The largest absolute Gasteiger partial charge is 0.472 e. The predicted molar refractivity (Wildman–Crippen MR) is 341 cm³/mol. The lowest BCUT2D eigenvalue weighted by Crippen LogP contribution is -2.47. The molecule has 0 aromatic carbocycles. The van der Waals surface area contributed by atoms with Gasteiger partial charge in [-0.3, -0.25) is 18.6 Å². The SMILES string of the molecule is CC/C=C\C/C=C\C/C=C\C/C=C\C/C=C\C/C=C\CCCCCCCCCCC(=O)NC(COP(=O)(O)OCC[N+](C)(C)C)C(/C=C\CCCCCCCCCCCC)OC(=O)CCCCCCCCC/C=C/C/C=C/CC. The van der Waals surface area contributed by atoms with Crippen LogP contribution in [-0.4, -0.2) is 74.3 Å². The van der Waals surface area contributed by atoms with Gasteiger partial charge >= 0.3 is 13.8 Å². The van der Waals surface area contributed by atoms with Gasteiger partial charge in [0.1, 0.15) is 19.3 Å². The molecule has 0 aliphatic heterocycles. The number of esters is 1. The lowest BCUT2D eigenvalue weighted by molar-refractivity contribution is -0.870. The van der Waals surface area contributed by atoms with Gasteiger partial charge in [-0.25, -0.2) is 4.57 Å². The molecule has 2 N–H and O–H groups in total. The molecular weight excluding hydrogens is 1000 g/mol. The Morgan fingerprint density at radius 2 is 0.810 bits per heavy atom. The van der Waals surface area contributed by atoms with E-state index in [0.717, 1.165) is 135 Å². The fourth-order valence-corrected chi connectivity index (χ4v) is 9.54. The van der Waals surface area contributed by atoms with E-state index in [1.54, 1.807) is 0 Å². The van der Waals surface area contributed by atoms with Gasteiger partial charge in [0.25, 0.3) is 0 Å². The number of carbonyl (C=O) groups excluding carboxylic acids is 2. The monoisotopic (exact) mass is 1120 g/mol. The zero-order chi connectivity index (χ0) is 57.9. The van der Waals surface area contributed by atoms with E-state index in [0.29, 0.717) is 17.4 Å². The molecule has 0 rings (SSSR count). The van der Waals surface area contributed by atoms with E-state index in [1.807, 2.05) is 33.3 Å². The number of phosphoric acid groups is 1. The lowest BCUT2D eigenvalue weighted by atomic mass is 10.0. The summed E-state index contributed by atoms with van der Waals surface area (Å²) in [6, 6.07) is -0.863. The summed E-state index contributed by atoms with van der Waals surface area (Å²) in [5, 5.41) is 3.05. The number of amides is 1. The Bertz CT molecular complexity index is 1720. The number of likely N-dealkylation sites (N-methyl/N-ethyl adjacent to an activating group) is 1. The van der Waals surface area contributed by atoms with Crippen LogP contribution in [0.2, 0.25) is 0 Å². The van der Waals surface area contributed by atoms with Crippen molar-refractivity contribution in [3.05, 3.63) is 109 Å². The van der Waals surface area contributed by atoms with E-state index >= 15 is 0 Å². The van der Waals surface area contributed by atoms with E-state index in [4.69, 9.17) is 13.8 Å². The molecule has 3 atom stereocenters. The Labute approximate surface area is 487 Å². The molecule has 0 fully saturated rings. The number of carbonyl (C=O) groups is 2. The van der Waals surface area contributed by atoms with Crippen LogP contribution in [0.1, 0.15) is 265 Å². The van der Waals surface area contributed by atoms with Gasteiger partial charge in [0.2, 0.25) is 5.91 Å². The average molecular weight is 1120 g/mol. The number of ether oxygens (including phenoxy) is 1. The minimum atomic E-state index is -4.46. The number of phosphoric ester groups is 1. The molecule has 0 aromatic rings. The highest BCUT2D eigenvalue weighted by Crippen LogP contribution is 2.43. The molecule has 0 bridgehead atoms. The molecule has 79 heavy (non-hydrogen) atoms. The first-order valence-corrected chi connectivity index (χ1v) is 33.7. The lowest BCUT2D eigenvalue weighted by Gasteiger charge is -2.27. The van der Waals surface area contributed by atoms with Crippen LogP contribution in [0, 0.1) is 0 Å². The first kappa shape index (κ1) is 75.7. The third-order valence-corrected chi connectivity index (χ3v) is 14.7. The van der Waals surface area contributed by atoms with E-state index in [1.165, 1.54) is 96.3 Å². The molecule has 0 saturated heterocycles. The van der Waals surface area contributed by atoms with E-state index in [2.05, 4.69) is 123 Å². The maximum atomic E-state index is 13.6. The van der Waals surface area contributed by atoms with Crippen molar-refractivity contribution >= 4 is 19.7 Å². The van der Waals surface area contributed by atoms with Crippen molar-refractivity contribution in [3.63, 3.8) is 0 Å². The van der Waals surface area contributed by atoms with Gasteiger partial charge in [-0.05, 0) is 109 Å². The van der Waals surface area contributed by atoms with E-state index in [9.17, 15) is 19.0 Å². The number of hydrogen-bond acceptors (Lipinski definition) is 6. The highest BCUT2D eigenvalue weighted by Gasteiger charge is 2.30. The third-order valence-electron chi connectivity index (χ3n) is 13.7. The Hall–Kier alpha value is -3.33. The Morgan fingerprint density at radius 3 is 1.22 bits per heavy atom.